The third-order valence-electron chi connectivity index (χ3n) is 4.34. The topological polar surface area (TPSA) is 113 Å². The number of nitrogens with zero attached hydrogens (tertiary/aromatic N) is 4. The van der Waals surface area contributed by atoms with Crippen molar-refractivity contribution in [3.8, 4) is 6.19 Å². The van der Waals surface area contributed by atoms with Gasteiger partial charge in [-0.15, -0.1) is 0 Å². The summed E-state index contributed by atoms with van der Waals surface area (Å²) in [6, 6.07) is 0. The molecule has 0 unspecified atom stereocenters. The van der Waals surface area contributed by atoms with E-state index in [4.69, 9.17) is 11.0 Å². The molecule has 2 N–H and O–H groups in total. The van der Waals surface area contributed by atoms with Crippen LogP contribution in [0, 0.1) is 17.4 Å². The van der Waals surface area contributed by atoms with Gasteiger partial charge in [-0.25, -0.2) is 9.97 Å². The van der Waals surface area contributed by atoms with Gasteiger partial charge in [0.25, 0.3) is 5.91 Å². The maximum absolute atomic E-state index is 12.5. The Hall–Kier alpha value is -2.49. The van der Waals surface area contributed by atoms with E-state index in [1.54, 1.807) is 0 Å². The number of carbonyl (C=O) groups is 2. The number of nitriles is 1. The third-order valence-corrected chi connectivity index (χ3v) is 4.34. The summed E-state index contributed by atoms with van der Waals surface area (Å²) < 4.78 is 0. The minimum Gasteiger partial charge on any atom is -0.366 e. The molecule has 23 heavy (non-hydrogen) atoms. The highest BCUT2D eigenvalue weighted by molar-refractivity contribution is 5.92. The monoisotopic (exact) mass is 315 g/mol. The second kappa shape index (κ2) is 7.68. The molecule has 122 valence electrons. The first-order valence-electron chi connectivity index (χ1n) is 7.82. The average Bonchev–Trinajstić information content (AvgIpc) is 2.59. The zero-order valence-corrected chi connectivity index (χ0v) is 13.2. The molecule has 0 spiro atoms. The molecule has 0 radical (unpaired) electrons. The van der Waals surface area contributed by atoms with Gasteiger partial charge in [-0.05, 0) is 12.3 Å². The molecule has 0 saturated heterocycles. The van der Waals surface area contributed by atoms with E-state index >= 15 is 0 Å². The molecule has 7 heteroatoms. The zero-order valence-electron chi connectivity index (χ0n) is 13.2. The second-order valence-electron chi connectivity index (χ2n) is 5.98. The normalized spacial score (nSPS) is 16.3. The smallest absolute Gasteiger partial charge is 0.251 e. The van der Waals surface area contributed by atoms with E-state index in [2.05, 4.69) is 9.97 Å². The van der Waals surface area contributed by atoms with Gasteiger partial charge in [0, 0.05) is 19.4 Å². The molecule has 1 fully saturated rings. The summed E-state index contributed by atoms with van der Waals surface area (Å²) in [4.78, 5) is 32.9. The molecule has 1 heterocycles. The van der Waals surface area contributed by atoms with Crippen molar-refractivity contribution in [3.63, 3.8) is 0 Å². The highest BCUT2D eigenvalue weighted by Crippen LogP contribution is 2.32. The summed E-state index contributed by atoms with van der Waals surface area (Å²) in [6.45, 7) is 0. The lowest BCUT2D eigenvalue weighted by atomic mass is 9.82. The molecule has 1 aromatic heterocycles. The summed E-state index contributed by atoms with van der Waals surface area (Å²) in [7, 11) is 1.44. The van der Waals surface area contributed by atoms with Crippen LogP contribution in [0.2, 0.25) is 0 Å². The van der Waals surface area contributed by atoms with Gasteiger partial charge in [0.2, 0.25) is 5.91 Å². The van der Waals surface area contributed by atoms with E-state index in [9.17, 15) is 9.59 Å². The largest absolute Gasteiger partial charge is 0.366 e. The van der Waals surface area contributed by atoms with Crippen LogP contribution in [-0.4, -0.2) is 33.7 Å². The first kappa shape index (κ1) is 16.9. The molecule has 1 aliphatic rings. The molecule has 2 amide bonds. The highest BCUT2D eigenvalue weighted by Gasteiger charge is 2.30. The third kappa shape index (κ3) is 4.25. The minimum absolute atomic E-state index is 0.200. The van der Waals surface area contributed by atoms with Crippen LogP contribution >= 0.6 is 0 Å². The Kier molecular flexibility index (Phi) is 5.63. The fraction of sp³-hybridized carbons (Fsp3) is 0.562. The van der Waals surface area contributed by atoms with Crippen molar-refractivity contribution >= 4 is 11.8 Å². The molecule has 1 atom stereocenters. The fourth-order valence-corrected chi connectivity index (χ4v) is 3.00. The lowest BCUT2D eigenvalue weighted by Crippen LogP contribution is -2.31. The quantitative estimate of drug-likeness (QED) is 0.654. The van der Waals surface area contributed by atoms with Crippen LogP contribution in [0.15, 0.2) is 12.4 Å². The van der Waals surface area contributed by atoms with Crippen molar-refractivity contribution in [1.82, 2.24) is 14.9 Å². The number of primary amides is 1. The number of aromatic nitrogens is 2. The van der Waals surface area contributed by atoms with Crippen LogP contribution in [-0.2, 0) is 4.79 Å². The Morgan fingerprint density at radius 1 is 1.35 bits per heavy atom. The molecule has 1 saturated carbocycles. The van der Waals surface area contributed by atoms with E-state index in [1.807, 2.05) is 6.19 Å². The van der Waals surface area contributed by atoms with E-state index in [0.29, 0.717) is 18.2 Å². The molecule has 0 aliphatic heterocycles. The molecule has 2 rings (SSSR count). The standard InChI is InChI=1S/C16H21N5O2/c1-21(10-17)16(23)13(7-11-5-3-2-4-6-11)15-19-8-12(9-20-15)14(18)22/h8-9,11,13H,2-7H2,1H3,(H2,18,22)/t13-/m0/s1. The first-order chi connectivity index (χ1) is 11.0. The summed E-state index contributed by atoms with van der Waals surface area (Å²) >= 11 is 0. The number of carbonyl (C=O) groups excluding carboxylic acids is 2. The SMILES string of the molecule is CN(C#N)C(=O)[C@@H](CC1CCCCC1)c1ncc(C(N)=O)cn1. The van der Waals surface area contributed by atoms with Gasteiger partial charge in [0.1, 0.15) is 5.82 Å². The number of hydrogen-bond acceptors (Lipinski definition) is 5. The van der Waals surface area contributed by atoms with Crippen molar-refractivity contribution < 1.29 is 9.59 Å². The number of hydrogen-bond donors (Lipinski definition) is 1. The van der Waals surface area contributed by atoms with Crippen LogP contribution in [0.3, 0.4) is 0 Å². The number of rotatable bonds is 5. The average molecular weight is 315 g/mol. The van der Waals surface area contributed by atoms with Gasteiger partial charge in [-0.2, -0.15) is 5.26 Å². The van der Waals surface area contributed by atoms with Gasteiger partial charge in [-0.1, -0.05) is 32.1 Å². The van der Waals surface area contributed by atoms with Crippen LogP contribution in [0.4, 0.5) is 0 Å². The van der Waals surface area contributed by atoms with E-state index in [-0.39, 0.29) is 11.5 Å². The molecule has 1 aromatic rings. The predicted octanol–water partition coefficient (Wildman–Crippen LogP) is 1.57. The van der Waals surface area contributed by atoms with E-state index in [0.717, 1.165) is 17.7 Å². The van der Waals surface area contributed by atoms with Gasteiger partial charge in [-0.3, -0.25) is 14.5 Å². The Labute approximate surface area is 135 Å². The van der Waals surface area contributed by atoms with Gasteiger partial charge in [0.15, 0.2) is 6.19 Å². The summed E-state index contributed by atoms with van der Waals surface area (Å²) in [5.74, 6) is -0.715. The molecule has 7 nitrogen and oxygen atoms in total. The lowest BCUT2D eigenvalue weighted by molar-refractivity contribution is -0.129. The lowest BCUT2D eigenvalue weighted by Gasteiger charge is -2.26. The van der Waals surface area contributed by atoms with E-state index < -0.39 is 11.8 Å². The molecule has 1 aliphatic carbocycles. The first-order valence-corrected chi connectivity index (χ1v) is 7.82. The number of amides is 2. The van der Waals surface area contributed by atoms with Crippen LogP contribution < -0.4 is 5.73 Å². The van der Waals surface area contributed by atoms with Crippen LogP contribution in [0.1, 0.15) is 60.6 Å². The Bertz CT molecular complexity index is 602. The van der Waals surface area contributed by atoms with Crippen molar-refractivity contribution in [2.75, 3.05) is 7.05 Å². The maximum atomic E-state index is 12.5. The number of nitrogens with two attached hydrogens (primary N) is 1. The molecule has 0 bridgehead atoms. The Morgan fingerprint density at radius 2 is 1.96 bits per heavy atom. The maximum Gasteiger partial charge on any atom is 0.251 e. The van der Waals surface area contributed by atoms with Crippen molar-refractivity contribution in [2.45, 2.75) is 44.4 Å². The van der Waals surface area contributed by atoms with Crippen molar-refractivity contribution in [3.05, 3.63) is 23.8 Å². The zero-order chi connectivity index (χ0) is 16.8. The molecular weight excluding hydrogens is 294 g/mol. The van der Waals surface area contributed by atoms with Crippen LogP contribution in [0.5, 0.6) is 0 Å². The Morgan fingerprint density at radius 3 is 2.48 bits per heavy atom. The highest BCUT2D eigenvalue weighted by atomic mass is 16.2. The van der Waals surface area contributed by atoms with Gasteiger partial charge in [0.05, 0.1) is 11.5 Å². The number of likely N-dealkylation sites (N-methyl/N-ethyl adjacent to an activating group) is 1. The van der Waals surface area contributed by atoms with Crippen molar-refractivity contribution in [1.29, 1.82) is 5.26 Å². The van der Waals surface area contributed by atoms with Crippen molar-refractivity contribution in [2.24, 2.45) is 11.7 Å². The van der Waals surface area contributed by atoms with E-state index in [1.165, 1.54) is 38.7 Å². The van der Waals surface area contributed by atoms with Crippen LogP contribution in [0.25, 0.3) is 0 Å². The summed E-state index contributed by atoms with van der Waals surface area (Å²) in [5.41, 5.74) is 5.38. The molecule has 0 aromatic carbocycles. The second-order valence-corrected chi connectivity index (χ2v) is 5.98. The fourth-order valence-electron chi connectivity index (χ4n) is 3.00. The Balaban J connectivity index is 2.22. The van der Waals surface area contributed by atoms with Gasteiger partial charge < -0.3 is 5.73 Å². The predicted molar refractivity (Wildman–Crippen MR) is 82.9 cm³/mol. The molecular formula is C16H21N5O2. The minimum atomic E-state index is -0.610. The summed E-state index contributed by atoms with van der Waals surface area (Å²) in [5, 5.41) is 8.98. The van der Waals surface area contributed by atoms with Gasteiger partial charge >= 0.3 is 0 Å². The summed E-state index contributed by atoms with van der Waals surface area (Å²) in [6.07, 6.45) is 10.9.